The Morgan fingerprint density at radius 2 is 2.08 bits per heavy atom. The fraction of sp³-hybridized carbons (Fsp3) is 0.529. The van der Waals surface area contributed by atoms with Crippen LogP contribution in [0.2, 0.25) is 0 Å². The monoisotopic (exact) mass is 330 g/mol. The van der Waals surface area contributed by atoms with E-state index in [1.54, 1.807) is 6.20 Å². The van der Waals surface area contributed by atoms with Crippen LogP contribution < -0.4 is 5.32 Å². The number of hydrogen-bond donors (Lipinski definition) is 2. The lowest BCUT2D eigenvalue weighted by Gasteiger charge is -2.27. The van der Waals surface area contributed by atoms with Crippen molar-refractivity contribution in [2.24, 2.45) is 5.92 Å². The highest BCUT2D eigenvalue weighted by Gasteiger charge is 2.26. The molecule has 1 fully saturated rings. The number of pyridine rings is 1. The lowest BCUT2D eigenvalue weighted by molar-refractivity contribution is -0.142. The molecule has 1 aliphatic rings. The van der Waals surface area contributed by atoms with Crippen molar-refractivity contribution in [2.75, 3.05) is 5.32 Å². The number of carbonyl (C=O) groups is 1. The first-order chi connectivity index (χ1) is 11.5. The van der Waals surface area contributed by atoms with E-state index in [1.165, 1.54) is 0 Å². The van der Waals surface area contributed by atoms with Gasteiger partial charge in [-0.15, -0.1) is 0 Å². The molecule has 1 aliphatic carbocycles. The van der Waals surface area contributed by atoms with Crippen LogP contribution in [0.15, 0.2) is 22.9 Å². The van der Waals surface area contributed by atoms with Crippen LogP contribution in [0.5, 0.6) is 0 Å². The van der Waals surface area contributed by atoms with Crippen LogP contribution in [0.3, 0.4) is 0 Å². The molecule has 128 valence electrons. The van der Waals surface area contributed by atoms with Crippen molar-refractivity contribution in [3.8, 4) is 11.5 Å². The summed E-state index contributed by atoms with van der Waals surface area (Å²) < 4.78 is 5.32. The number of nitrogens with zero attached hydrogens (tertiary/aromatic N) is 3. The number of rotatable bonds is 5. The Balaban J connectivity index is 1.66. The van der Waals surface area contributed by atoms with Crippen molar-refractivity contribution in [1.82, 2.24) is 15.1 Å². The van der Waals surface area contributed by atoms with Crippen LogP contribution in [0.1, 0.15) is 51.3 Å². The van der Waals surface area contributed by atoms with E-state index in [9.17, 15) is 4.79 Å². The molecule has 2 aromatic heterocycles. The summed E-state index contributed by atoms with van der Waals surface area (Å²) in [5.41, 5.74) is 0.825. The zero-order valence-electron chi connectivity index (χ0n) is 13.9. The summed E-state index contributed by atoms with van der Waals surface area (Å²) in [7, 11) is 0. The van der Waals surface area contributed by atoms with E-state index >= 15 is 0 Å². The van der Waals surface area contributed by atoms with Crippen LogP contribution in [0.25, 0.3) is 11.5 Å². The molecule has 2 aromatic rings. The quantitative estimate of drug-likeness (QED) is 0.867. The molecule has 2 N–H and O–H groups in total. The van der Waals surface area contributed by atoms with E-state index in [1.807, 2.05) is 26.0 Å². The largest absolute Gasteiger partial charge is 0.481 e. The van der Waals surface area contributed by atoms with Gasteiger partial charge >= 0.3 is 5.97 Å². The second kappa shape index (κ2) is 6.98. The zero-order valence-corrected chi connectivity index (χ0v) is 13.9. The van der Waals surface area contributed by atoms with Gasteiger partial charge in [0, 0.05) is 23.7 Å². The molecule has 0 aromatic carbocycles. The smallest absolute Gasteiger partial charge is 0.306 e. The summed E-state index contributed by atoms with van der Waals surface area (Å²) in [6.07, 6.45) is 4.78. The number of carboxylic acids is 1. The molecule has 3 rings (SSSR count). The van der Waals surface area contributed by atoms with Crippen molar-refractivity contribution in [3.63, 3.8) is 0 Å². The second-order valence-electron chi connectivity index (χ2n) is 6.57. The third-order valence-electron chi connectivity index (χ3n) is 4.39. The SMILES string of the molecule is CC(C)c1noc(-c2ccnc(NC3CCC(C(=O)O)CC3)c2)n1. The Morgan fingerprint density at radius 3 is 2.71 bits per heavy atom. The molecule has 0 radical (unpaired) electrons. The number of hydrogen-bond acceptors (Lipinski definition) is 6. The highest BCUT2D eigenvalue weighted by atomic mass is 16.5. The van der Waals surface area contributed by atoms with Gasteiger partial charge in [-0.3, -0.25) is 4.79 Å². The number of aromatic nitrogens is 3. The summed E-state index contributed by atoms with van der Waals surface area (Å²) >= 11 is 0. The number of aliphatic carboxylic acids is 1. The fourth-order valence-corrected chi connectivity index (χ4v) is 2.92. The topological polar surface area (TPSA) is 101 Å². The molecule has 1 saturated carbocycles. The first-order valence-corrected chi connectivity index (χ1v) is 8.32. The molecule has 0 aliphatic heterocycles. The highest BCUT2D eigenvalue weighted by Crippen LogP contribution is 2.27. The third-order valence-corrected chi connectivity index (χ3v) is 4.39. The van der Waals surface area contributed by atoms with E-state index in [0.29, 0.717) is 24.6 Å². The predicted octanol–water partition coefficient (Wildman–Crippen LogP) is 3.31. The summed E-state index contributed by atoms with van der Waals surface area (Å²) in [5, 5.41) is 16.4. The van der Waals surface area contributed by atoms with Crippen LogP contribution in [-0.4, -0.2) is 32.2 Å². The van der Waals surface area contributed by atoms with Gasteiger partial charge in [0.15, 0.2) is 5.82 Å². The summed E-state index contributed by atoms with van der Waals surface area (Å²) in [6.45, 7) is 4.03. The molecule has 0 spiro atoms. The molecule has 0 atom stereocenters. The number of nitrogens with one attached hydrogen (secondary N) is 1. The van der Waals surface area contributed by atoms with Crippen LogP contribution >= 0.6 is 0 Å². The Morgan fingerprint density at radius 1 is 1.33 bits per heavy atom. The van der Waals surface area contributed by atoms with Gasteiger partial charge in [-0.05, 0) is 37.8 Å². The van der Waals surface area contributed by atoms with E-state index in [2.05, 4.69) is 20.4 Å². The Kier molecular flexibility index (Phi) is 4.78. The minimum Gasteiger partial charge on any atom is -0.481 e. The molecule has 0 amide bonds. The van der Waals surface area contributed by atoms with Crippen LogP contribution in [0, 0.1) is 5.92 Å². The zero-order chi connectivity index (χ0) is 17.1. The lowest BCUT2D eigenvalue weighted by Crippen LogP contribution is -2.29. The summed E-state index contributed by atoms with van der Waals surface area (Å²) in [4.78, 5) is 19.8. The number of anilines is 1. The first-order valence-electron chi connectivity index (χ1n) is 8.32. The van der Waals surface area contributed by atoms with Crippen LogP contribution in [0.4, 0.5) is 5.82 Å². The number of carboxylic acid groups (broad SMARTS) is 1. The van der Waals surface area contributed by atoms with E-state index in [0.717, 1.165) is 24.2 Å². The molecular weight excluding hydrogens is 308 g/mol. The normalized spacial score (nSPS) is 21.0. The van der Waals surface area contributed by atoms with E-state index < -0.39 is 5.97 Å². The molecule has 7 nitrogen and oxygen atoms in total. The molecular formula is C17H22N4O3. The third kappa shape index (κ3) is 3.72. The van der Waals surface area contributed by atoms with Gasteiger partial charge in [0.1, 0.15) is 5.82 Å². The molecule has 24 heavy (non-hydrogen) atoms. The Bertz CT molecular complexity index is 705. The summed E-state index contributed by atoms with van der Waals surface area (Å²) in [6, 6.07) is 3.97. The highest BCUT2D eigenvalue weighted by molar-refractivity contribution is 5.70. The van der Waals surface area contributed by atoms with Crippen molar-refractivity contribution in [2.45, 2.75) is 51.5 Å². The van der Waals surface area contributed by atoms with Crippen molar-refractivity contribution in [3.05, 3.63) is 24.2 Å². The Labute approximate surface area is 140 Å². The first kappa shape index (κ1) is 16.4. The van der Waals surface area contributed by atoms with Gasteiger partial charge < -0.3 is 14.9 Å². The van der Waals surface area contributed by atoms with Gasteiger partial charge in [0.05, 0.1) is 5.92 Å². The Hall–Kier alpha value is -2.44. The molecule has 0 saturated heterocycles. The second-order valence-corrected chi connectivity index (χ2v) is 6.57. The van der Waals surface area contributed by atoms with Crippen molar-refractivity contribution < 1.29 is 14.4 Å². The minimum atomic E-state index is -0.689. The average molecular weight is 330 g/mol. The van der Waals surface area contributed by atoms with Gasteiger partial charge in [0.25, 0.3) is 5.89 Å². The molecule has 7 heteroatoms. The van der Waals surface area contributed by atoms with E-state index in [4.69, 9.17) is 9.63 Å². The maximum Gasteiger partial charge on any atom is 0.306 e. The van der Waals surface area contributed by atoms with Crippen LogP contribution in [-0.2, 0) is 4.79 Å². The minimum absolute atomic E-state index is 0.213. The average Bonchev–Trinajstić information content (AvgIpc) is 3.06. The van der Waals surface area contributed by atoms with E-state index in [-0.39, 0.29) is 17.9 Å². The van der Waals surface area contributed by atoms with Crippen molar-refractivity contribution >= 4 is 11.8 Å². The molecule has 2 heterocycles. The lowest BCUT2D eigenvalue weighted by atomic mass is 9.86. The van der Waals surface area contributed by atoms with Gasteiger partial charge in [-0.1, -0.05) is 19.0 Å². The molecule has 0 bridgehead atoms. The fourth-order valence-electron chi connectivity index (χ4n) is 2.92. The van der Waals surface area contributed by atoms with Gasteiger partial charge in [0.2, 0.25) is 0 Å². The van der Waals surface area contributed by atoms with Crippen molar-refractivity contribution in [1.29, 1.82) is 0 Å². The maximum atomic E-state index is 11.0. The standard InChI is InChI=1S/C17H22N4O3/c1-10(2)15-20-16(24-21-15)12-7-8-18-14(9-12)19-13-5-3-11(4-6-13)17(22)23/h7-11,13H,3-6H2,1-2H3,(H,18,19)(H,22,23). The van der Waals surface area contributed by atoms with Gasteiger partial charge in [-0.2, -0.15) is 4.98 Å². The maximum absolute atomic E-state index is 11.0. The summed E-state index contributed by atoms with van der Waals surface area (Å²) in [5.74, 6) is 1.23. The predicted molar refractivity (Wildman–Crippen MR) is 88.6 cm³/mol. The van der Waals surface area contributed by atoms with Gasteiger partial charge in [-0.25, -0.2) is 4.98 Å². The molecule has 0 unspecified atom stereocenters.